The summed E-state index contributed by atoms with van der Waals surface area (Å²) >= 11 is 0. The molecule has 6 N–H and O–H groups in total. The molecule has 0 aliphatic heterocycles. The molecule has 0 aromatic carbocycles. The van der Waals surface area contributed by atoms with E-state index in [9.17, 15) is 0 Å². The van der Waals surface area contributed by atoms with Crippen LogP contribution >= 0.6 is 0 Å². The zero-order chi connectivity index (χ0) is 9.07. The number of nitrogens with one attached hydrogen (secondary N) is 2. The van der Waals surface area contributed by atoms with Crippen LogP contribution in [0.15, 0.2) is 0 Å². The molecule has 0 heterocycles. The van der Waals surface area contributed by atoms with E-state index >= 15 is 0 Å². The molecule has 0 aliphatic carbocycles. The van der Waals surface area contributed by atoms with Crippen molar-refractivity contribution >= 4 is 11.7 Å². The van der Waals surface area contributed by atoms with Crippen LogP contribution in [0.2, 0.25) is 0 Å². The molecule has 4 heteroatoms. The maximum atomic E-state index is 7.24. The summed E-state index contributed by atoms with van der Waals surface area (Å²) in [5, 5.41) is 14.5. The van der Waals surface area contributed by atoms with Crippen LogP contribution in [0.3, 0.4) is 0 Å². The molecule has 11 heavy (non-hydrogen) atoms. The molecule has 0 bridgehead atoms. The highest BCUT2D eigenvalue weighted by Gasteiger charge is 2.30. The lowest BCUT2D eigenvalue weighted by molar-refractivity contribution is 0.550. The monoisotopic (exact) mass is 156 g/mol. The van der Waals surface area contributed by atoms with Gasteiger partial charge in [0.2, 0.25) is 0 Å². The Balaban J connectivity index is 4.52. The molecule has 0 rings (SSSR count). The summed E-state index contributed by atoms with van der Waals surface area (Å²) in [6.07, 6.45) is 1.54. The molecule has 0 atom stereocenters. The average Bonchev–Trinajstić information content (AvgIpc) is 1.87. The van der Waals surface area contributed by atoms with Crippen LogP contribution in [0.4, 0.5) is 0 Å². The first kappa shape index (κ1) is 9.94. The van der Waals surface area contributed by atoms with Gasteiger partial charge in [-0.3, -0.25) is 10.8 Å². The van der Waals surface area contributed by atoms with Crippen molar-refractivity contribution in [3.8, 4) is 0 Å². The van der Waals surface area contributed by atoms with E-state index < -0.39 is 5.41 Å². The maximum absolute atomic E-state index is 7.24. The van der Waals surface area contributed by atoms with Gasteiger partial charge in [0, 0.05) is 0 Å². The number of hydrogen-bond acceptors (Lipinski definition) is 2. The van der Waals surface area contributed by atoms with E-state index in [1.807, 2.05) is 6.92 Å². The average molecular weight is 156 g/mol. The molecule has 4 nitrogen and oxygen atoms in total. The molecule has 0 saturated heterocycles. The summed E-state index contributed by atoms with van der Waals surface area (Å²) in [4.78, 5) is 0. The van der Waals surface area contributed by atoms with Crippen molar-refractivity contribution in [2.45, 2.75) is 26.7 Å². The third-order valence-electron chi connectivity index (χ3n) is 1.94. The second-order valence-corrected chi connectivity index (χ2v) is 2.91. The molecule has 0 radical (unpaired) electrons. The van der Waals surface area contributed by atoms with E-state index in [0.717, 1.165) is 6.42 Å². The van der Waals surface area contributed by atoms with Crippen molar-refractivity contribution in [2.75, 3.05) is 0 Å². The van der Waals surface area contributed by atoms with Gasteiger partial charge in [0.05, 0.1) is 5.41 Å². The smallest absolute Gasteiger partial charge is 0.104 e. The Morgan fingerprint density at radius 1 is 1.27 bits per heavy atom. The normalized spacial score (nSPS) is 15.5. The molecule has 0 aliphatic rings. The van der Waals surface area contributed by atoms with Gasteiger partial charge in [0.25, 0.3) is 0 Å². The van der Waals surface area contributed by atoms with Gasteiger partial charge < -0.3 is 11.5 Å². The SMILES string of the molecule is CCCC(C)(C(=N)N)C(=N)N. The maximum Gasteiger partial charge on any atom is 0.104 e. The van der Waals surface area contributed by atoms with Gasteiger partial charge in [-0.1, -0.05) is 13.3 Å². The highest BCUT2D eigenvalue weighted by molar-refractivity contribution is 6.05. The van der Waals surface area contributed by atoms with E-state index in [4.69, 9.17) is 22.3 Å². The van der Waals surface area contributed by atoms with E-state index in [1.54, 1.807) is 6.92 Å². The Morgan fingerprint density at radius 3 is 1.73 bits per heavy atom. The summed E-state index contributed by atoms with van der Waals surface area (Å²) in [5.41, 5.74) is 9.91. The Hall–Kier alpha value is -1.06. The number of hydrogen-bond donors (Lipinski definition) is 4. The Bertz CT molecular complexity index is 159. The minimum Gasteiger partial charge on any atom is -0.387 e. The second-order valence-electron chi connectivity index (χ2n) is 2.91. The lowest BCUT2D eigenvalue weighted by atomic mass is 9.83. The molecule has 0 amide bonds. The topological polar surface area (TPSA) is 99.7 Å². The van der Waals surface area contributed by atoms with Gasteiger partial charge in [0.15, 0.2) is 0 Å². The third kappa shape index (κ3) is 1.93. The van der Waals surface area contributed by atoms with Crippen molar-refractivity contribution in [1.29, 1.82) is 10.8 Å². The van der Waals surface area contributed by atoms with Crippen molar-refractivity contribution < 1.29 is 0 Å². The van der Waals surface area contributed by atoms with Crippen LogP contribution in [-0.4, -0.2) is 11.7 Å². The minimum absolute atomic E-state index is 0.0214. The van der Waals surface area contributed by atoms with Gasteiger partial charge in [-0.2, -0.15) is 0 Å². The Kier molecular flexibility index (Phi) is 3.04. The highest BCUT2D eigenvalue weighted by Crippen LogP contribution is 2.21. The first-order chi connectivity index (χ1) is 4.95. The molecule has 0 fully saturated rings. The van der Waals surface area contributed by atoms with Crippen molar-refractivity contribution in [3.63, 3.8) is 0 Å². The van der Waals surface area contributed by atoms with Crippen LogP contribution in [0.5, 0.6) is 0 Å². The van der Waals surface area contributed by atoms with Gasteiger partial charge in [-0.05, 0) is 13.3 Å². The lowest BCUT2D eigenvalue weighted by Gasteiger charge is -2.25. The highest BCUT2D eigenvalue weighted by atomic mass is 14.8. The lowest BCUT2D eigenvalue weighted by Crippen LogP contribution is -2.44. The van der Waals surface area contributed by atoms with Crippen molar-refractivity contribution in [3.05, 3.63) is 0 Å². The first-order valence-corrected chi connectivity index (χ1v) is 3.64. The molecule has 0 aromatic rings. The molecule has 0 aromatic heterocycles. The zero-order valence-corrected chi connectivity index (χ0v) is 7.07. The number of amidine groups is 2. The number of rotatable bonds is 4. The molecule has 0 unspecified atom stereocenters. The summed E-state index contributed by atoms with van der Waals surface area (Å²) in [5.74, 6) is -0.0429. The minimum atomic E-state index is -0.727. The van der Waals surface area contributed by atoms with E-state index in [0.29, 0.717) is 6.42 Å². The number of nitrogens with two attached hydrogens (primary N) is 2. The van der Waals surface area contributed by atoms with Crippen LogP contribution in [0, 0.1) is 16.2 Å². The summed E-state index contributed by atoms with van der Waals surface area (Å²) < 4.78 is 0. The van der Waals surface area contributed by atoms with Crippen molar-refractivity contribution in [2.24, 2.45) is 16.9 Å². The van der Waals surface area contributed by atoms with Crippen LogP contribution < -0.4 is 11.5 Å². The molecule has 64 valence electrons. The van der Waals surface area contributed by atoms with Crippen molar-refractivity contribution in [1.82, 2.24) is 0 Å². The van der Waals surface area contributed by atoms with Gasteiger partial charge in [-0.15, -0.1) is 0 Å². The Morgan fingerprint density at radius 2 is 1.64 bits per heavy atom. The summed E-state index contributed by atoms with van der Waals surface area (Å²) in [6.45, 7) is 3.70. The van der Waals surface area contributed by atoms with E-state index in [-0.39, 0.29) is 11.7 Å². The standard InChI is InChI=1S/C7H16N4/c1-3-4-7(2,5(8)9)6(10)11/h3-4H2,1-2H3,(H3,8,9)(H3,10,11). The largest absolute Gasteiger partial charge is 0.387 e. The van der Waals surface area contributed by atoms with Gasteiger partial charge in [-0.25, -0.2) is 0 Å². The van der Waals surface area contributed by atoms with Crippen LogP contribution in [0.25, 0.3) is 0 Å². The predicted octanol–water partition coefficient (Wildman–Crippen LogP) is 0.665. The van der Waals surface area contributed by atoms with Crippen LogP contribution in [0.1, 0.15) is 26.7 Å². The molecule has 0 spiro atoms. The van der Waals surface area contributed by atoms with E-state index in [1.165, 1.54) is 0 Å². The summed E-state index contributed by atoms with van der Waals surface area (Å²) in [6, 6.07) is 0. The quantitative estimate of drug-likeness (QED) is 0.355. The molecular formula is C7H16N4. The zero-order valence-electron chi connectivity index (χ0n) is 7.07. The molecule has 0 saturated carbocycles. The fraction of sp³-hybridized carbons (Fsp3) is 0.714. The third-order valence-corrected chi connectivity index (χ3v) is 1.94. The van der Waals surface area contributed by atoms with E-state index in [2.05, 4.69) is 0 Å². The Labute approximate surface area is 67.0 Å². The predicted molar refractivity (Wildman–Crippen MR) is 46.8 cm³/mol. The fourth-order valence-corrected chi connectivity index (χ4v) is 0.914. The fourth-order valence-electron chi connectivity index (χ4n) is 0.914. The summed E-state index contributed by atoms with van der Waals surface area (Å²) in [7, 11) is 0. The van der Waals surface area contributed by atoms with Crippen LogP contribution in [-0.2, 0) is 0 Å². The van der Waals surface area contributed by atoms with Gasteiger partial charge in [0.1, 0.15) is 11.7 Å². The molecular weight excluding hydrogens is 140 g/mol. The van der Waals surface area contributed by atoms with Gasteiger partial charge >= 0.3 is 0 Å². The second kappa shape index (κ2) is 3.37. The first-order valence-electron chi connectivity index (χ1n) is 3.64.